The smallest absolute Gasteiger partial charge is 0.326 e. The van der Waals surface area contributed by atoms with Crippen LogP contribution in [0.15, 0.2) is 12.7 Å². The molecule has 134 valence electrons. The highest BCUT2D eigenvalue weighted by Crippen LogP contribution is 2.33. The molecule has 4 atom stereocenters. The van der Waals surface area contributed by atoms with E-state index in [-0.39, 0.29) is 6.61 Å². The fourth-order valence-corrected chi connectivity index (χ4v) is 3.61. The minimum absolute atomic E-state index is 0.172. The summed E-state index contributed by atoms with van der Waals surface area (Å²) in [6.07, 6.45) is 2.60. The average Bonchev–Trinajstić information content (AvgIpc) is 3.31. The third-order valence-electron chi connectivity index (χ3n) is 4.79. The lowest BCUT2D eigenvalue weighted by Crippen LogP contribution is -2.36. The van der Waals surface area contributed by atoms with Crippen molar-refractivity contribution in [1.82, 2.24) is 19.5 Å². The number of aliphatic carboxylic acids is 1. The van der Waals surface area contributed by atoms with Crippen LogP contribution in [0.25, 0.3) is 11.2 Å². The van der Waals surface area contributed by atoms with Gasteiger partial charge in [-0.2, -0.15) is 0 Å². The zero-order chi connectivity index (χ0) is 17.6. The first-order valence-electron chi connectivity index (χ1n) is 8.21. The van der Waals surface area contributed by atoms with Gasteiger partial charge in [-0.25, -0.2) is 19.7 Å². The number of hydrogen-bond donors (Lipinski definition) is 3. The van der Waals surface area contributed by atoms with Crippen molar-refractivity contribution in [2.75, 3.05) is 18.1 Å². The van der Waals surface area contributed by atoms with E-state index in [1.807, 2.05) is 0 Å². The van der Waals surface area contributed by atoms with E-state index in [4.69, 9.17) is 4.74 Å². The molecule has 25 heavy (non-hydrogen) atoms. The lowest BCUT2D eigenvalue weighted by molar-refractivity contribution is -0.138. The molecule has 2 aliphatic rings. The molecule has 0 radical (unpaired) electrons. The quantitative estimate of drug-likeness (QED) is 0.669. The molecule has 10 heteroatoms. The lowest BCUT2D eigenvalue weighted by Gasteiger charge is -2.22. The first kappa shape index (κ1) is 16.2. The van der Waals surface area contributed by atoms with Crippen LogP contribution in [0.5, 0.6) is 0 Å². The molecule has 2 aliphatic heterocycles. The van der Waals surface area contributed by atoms with Crippen LogP contribution in [0.1, 0.15) is 25.5 Å². The summed E-state index contributed by atoms with van der Waals surface area (Å²) < 4.78 is 7.26. The van der Waals surface area contributed by atoms with Crippen LogP contribution in [-0.2, 0) is 9.53 Å². The first-order valence-corrected chi connectivity index (χ1v) is 8.21. The molecule has 0 amide bonds. The number of carboxylic acid groups (broad SMARTS) is 1. The summed E-state index contributed by atoms with van der Waals surface area (Å²) in [4.78, 5) is 26.0. The Bertz CT molecular complexity index is 796. The Morgan fingerprint density at radius 2 is 2.20 bits per heavy atom. The van der Waals surface area contributed by atoms with E-state index in [0.717, 1.165) is 6.42 Å². The maximum absolute atomic E-state index is 11.5. The van der Waals surface area contributed by atoms with Crippen LogP contribution in [0.2, 0.25) is 0 Å². The highest BCUT2D eigenvalue weighted by Gasteiger charge is 2.37. The number of ether oxygens (including phenoxy) is 1. The van der Waals surface area contributed by atoms with Gasteiger partial charge in [-0.1, -0.05) is 0 Å². The Balaban J connectivity index is 1.73. The van der Waals surface area contributed by atoms with Gasteiger partial charge in [0, 0.05) is 13.0 Å². The number of nitrogens with zero attached hydrogens (tertiary/aromatic N) is 5. The van der Waals surface area contributed by atoms with Gasteiger partial charge in [0.05, 0.1) is 19.0 Å². The minimum atomic E-state index is -0.885. The van der Waals surface area contributed by atoms with Crippen LogP contribution in [0.4, 0.5) is 5.82 Å². The molecule has 0 aliphatic carbocycles. The Morgan fingerprint density at radius 1 is 1.36 bits per heavy atom. The zero-order valence-electron chi connectivity index (χ0n) is 13.4. The molecule has 1 unspecified atom stereocenters. The van der Waals surface area contributed by atoms with Gasteiger partial charge in [-0.05, 0) is 12.8 Å². The van der Waals surface area contributed by atoms with Crippen LogP contribution in [-0.4, -0.2) is 72.2 Å². The van der Waals surface area contributed by atoms with Crippen molar-refractivity contribution in [2.24, 2.45) is 0 Å². The number of anilines is 1. The monoisotopic (exact) mass is 349 g/mol. The third-order valence-corrected chi connectivity index (χ3v) is 4.79. The standard InChI is InChI=1S/C15H19N5O5/c21-5-8-4-10(22)14(25-8)20-7-18-11-12(16-6-17-13(11)20)19-3-1-2-9(19)15(23)24/h6-10,14,21-22H,1-5H2,(H,23,24)/t8-,9-,10?,14+/m0/s1. The van der Waals surface area contributed by atoms with Crippen LogP contribution in [0.3, 0.4) is 0 Å². The second kappa shape index (κ2) is 6.21. The van der Waals surface area contributed by atoms with Crippen molar-refractivity contribution < 1.29 is 24.9 Å². The summed E-state index contributed by atoms with van der Waals surface area (Å²) in [5.74, 6) is -0.413. The number of fused-ring (bicyclic) bond motifs is 1. The van der Waals surface area contributed by atoms with Gasteiger partial charge in [0.1, 0.15) is 18.5 Å². The van der Waals surface area contributed by atoms with Crippen molar-refractivity contribution in [3.63, 3.8) is 0 Å². The van der Waals surface area contributed by atoms with Gasteiger partial charge < -0.3 is 25.0 Å². The van der Waals surface area contributed by atoms with E-state index in [1.54, 1.807) is 9.47 Å². The van der Waals surface area contributed by atoms with E-state index in [2.05, 4.69) is 15.0 Å². The summed E-state index contributed by atoms with van der Waals surface area (Å²) in [6, 6.07) is -0.629. The predicted molar refractivity (Wildman–Crippen MR) is 84.9 cm³/mol. The summed E-state index contributed by atoms with van der Waals surface area (Å²) in [5, 5.41) is 28.8. The number of carboxylic acids is 1. The SMILES string of the molecule is O=C(O)[C@@H]1CCCN1c1ncnc2c1ncn2[C@@H]1O[C@H](CO)CC1O. The fourth-order valence-electron chi connectivity index (χ4n) is 3.61. The topological polar surface area (TPSA) is 134 Å². The molecule has 4 rings (SSSR count). The van der Waals surface area contributed by atoms with Crippen LogP contribution in [0, 0.1) is 0 Å². The maximum Gasteiger partial charge on any atom is 0.326 e. The first-order chi connectivity index (χ1) is 12.1. The molecule has 0 bridgehead atoms. The molecule has 3 N–H and O–H groups in total. The molecule has 2 aromatic rings. The van der Waals surface area contributed by atoms with Gasteiger partial charge in [-0.3, -0.25) is 4.57 Å². The summed E-state index contributed by atoms with van der Waals surface area (Å²) in [5.41, 5.74) is 0.933. The summed E-state index contributed by atoms with van der Waals surface area (Å²) >= 11 is 0. The Labute approximate surface area is 142 Å². The van der Waals surface area contributed by atoms with Crippen molar-refractivity contribution >= 4 is 23.0 Å². The van der Waals surface area contributed by atoms with Gasteiger partial charge in [0.25, 0.3) is 0 Å². The number of aromatic nitrogens is 4. The Morgan fingerprint density at radius 3 is 2.92 bits per heavy atom. The number of aliphatic hydroxyl groups excluding tert-OH is 2. The van der Waals surface area contributed by atoms with Crippen molar-refractivity contribution in [3.05, 3.63) is 12.7 Å². The molecular formula is C15H19N5O5. The van der Waals surface area contributed by atoms with Crippen molar-refractivity contribution in [2.45, 2.75) is 43.7 Å². The number of aliphatic hydroxyl groups is 2. The highest BCUT2D eigenvalue weighted by molar-refractivity contribution is 5.87. The van der Waals surface area contributed by atoms with Crippen molar-refractivity contribution in [1.29, 1.82) is 0 Å². The van der Waals surface area contributed by atoms with E-state index < -0.39 is 30.4 Å². The molecular weight excluding hydrogens is 330 g/mol. The molecule has 2 aromatic heterocycles. The summed E-state index contributed by atoms with van der Waals surface area (Å²) in [7, 11) is 0. The molecule has 4 heterocycles. The molecule has 2 saturated heterocycles. The van der Waals surface area contributed by atoms with Crippen molar-refractivity contribution in [3.8, 4) is 0 Å². The minimum Gasteiger partial charge on any atom is -0.480 e. The van der Waals surface area contributed by atoms with Gasteiger partial charge in [-0.15, -0.1) is 0 Å². The fraction of sp³-hybridized carbons (Fsp3) is 0.600. The molecule has 0 spiro atoms. The van der Waals surface area contributed by atoms with E-state index in [1.165, 1.54) is 12.7 Å². The molecule has 0 saturated carbocycles. The largest absolute Gasteiger partial charge is 0.480 e. The number of rotatable bonds is 4. The van der Waals surface area contributed by atoms with Crippen LogP contribution >= 0.6 is 0 Å². The highest BCUT2D eigenvalue weighted by atomic mass is 16.5. The second-order valence-electron chi connectivity index (χ2n) is 6.35. The zero-order valence-corrected chi connectivity index (χ0v) is 13.4. The molecule has 10 nitrogen and oxygen atoms in total. The number of hydrogen-bond acceptors (Lipinski definition) is 8. The Hall–Kier alpha value is -2.30. The second-order valence-corrected chi connectivity index (χ2v) is 6.35. The van der Waals surface area contributed by atoms with E-state index in [9.17, 15) is 20.1 Å². The third kappa shape index (κ3) is 2.62. The number of carbonyl (C=O) groups is 1. The van der Waals surface area contributed by atoms with Gasteiger partial charge in [0.15, 0.2) is 23.2 Å². The van der Waals surface area contributed by atoms with E-state index >= 15 is 0 Å². The molecule has 0 aromatic carbocycles. The average molecular weight is 349 g/mol. The van der Waals surface area contributed by atoms with Gasteiger partial charge in [0.2, 0.25) is 0 Å². The van der Waals surface area contributed by atoms with E-state index in [0.29, 0.717) is 36.4 Å². The lowest BCUT2D eigenvalue weighted by atomic mass is 10.2. The Kier molecular flexibility index (Phi) is 4.02. The maximum atomic E-state index is 11.5. The van der Waals surface area contributed by atoms with Crippen LogP contribution < -0.4 is 4.90 Å². The predicted octanol–water partition coefficient (Wildman–Crippen LogP) is -0.480. The number of imidazole rings is 1. The van der Waals surface area contributed by atoms with Gasteiger partial charge >= 0.3 is 5.97 Å². The summed E-state index contributed by atoms with van der Waals surface area (Å²) in [6.45, 7) is 0.416. The molecule has 2 fully saturated rings. The normalized spacial score (nSPS) is 29.6.